The molecule has 4 heteroatoms. The van der Waals surface area contributed by atoms with Gasteiger partial charge in [-0.15, -0.1) is 0 Å². The molecule has 10 aromatic rings. The number of para-hydroxylation sites is 2. The van der Waals surface area contributed by atoms with Gasteiger partial charge in [-0.25, -0.2) is 0 Å². The normalized spacial score (nSPS) is 15.0. The third-order valence-electron chi connectivity index (χ3n) is 13.2. The number of aliphatic imine (C=N–C) groups is 2. The van der Waals surface area contributed by atoms with Gasteiger partial charge in [0.1, 0.15) is 0 Å². The molecule has 0 saturated carbocycles. The fraction of sp³-hybridized carbons (Fsp3) is 0.0667. The van der Waals surface area contributed by atoms with E-state index in [1.165, 1.54) is 60.8 Å². The zero-order valence-corrected chi connectivity index (χ0v) is 35.7. The minimum absolute atomic E-state index is 0.0471. The number of aromatic nitrogens is 1. The maximum Gasteiger partial charge on any atom is 0.0822 e. The Hall–Kier alpha value is -8.08. The van der Waals surface area contributed by atoms with Crippen LogP contribution in [0.15, 0.2) is 228 Å². The highest BCUT2D eigenvalue weighted by atomic mass is 15.2. The fourth-order valence-corrected chi connectivity index (χ4v) is 9.94. The van der Waals surface area contributed by atoms with Gasteiger partial charge in [-0.3, -0.25) is 4.99 Å². The predicted molar refractivity (Wildman–Crippen MR) is 267 cm³/mol. The summed E-state index contributed by atoms with van der Waals surface area (Å²) in [4.78, 5) is 10.2. The van der Waals surface area contributed by atoms with Gasteiger partial charge in [-0.1, -0.05) is 214 Å². The molecule has 0 spiro atoms. The number of benzene rings is 9. The van der Waals surface area contributed by atoms with E-state index < -0.39 is 6.17 Å². The van der Waals surface area contributed by atoms with Gasteiger partial charge in [-0.05, 0) is 91.0 Å². The van der Waals surface area contributed by atoms with Gasteiger partial charge in [0.2, 0.25) is 0 Å². The standard InChI is InChI=1S/C60H43N4/c1-60(2)53-25-11-9-21-49(53)50-36-35-45(38-54(50)60)41-27-31-42(32-28-41)48-23-14-24-52-51-22-10-12-26-55(51)64(56(48)52)47-20-13-19-46(37-47)59-62-57(43-17-7-4-8-18-43)61-58(63-59)44-33-29-40(30-34-44)39-15-5-3-6-16-39/h3-38,58H,1-2H3/q-1. The zero-order chi connectivity index (χ0) is 42.8. The molecule has 304 valence electrons. The molecule has 1 unspecified atom stereocenters. The number of fused-ring (bicyclic) bond motifs is 6. The summed E-state index contributed by atoms with van der Waals surface area (Å²) < 4.78 is 2.41. The van der Waals surface area contributed by atoms with Crippen molar-refractivity contribution in [2.75, 3.05) is 0 Å². The summed E-state index contributed by atoms with van der Waals surface area (Å²) in [5, 5.41) is 7.65. The van der Waals surface area contributed by atoms with Crippen LogP contribution >= 0.6 is 0 Å². The minimum Gasteiger partial charge on any atom is -0.438 e. The lowest BCUT2D eigenvalue weighted by Crippen LogP contribution is -2.16. The van der Waals surface area contributed by atoms with E-state index >= 15 is 0 Å². The first-order valence-electron chi connectivity index (χ1n) is 22.0. The van der Waals surface area contributed by atoms with E-state index in [0.29, 0.717) is 11.7 Å². The van der Waals surface area contributed by atoms with Gasteiger partial charge >= 0.3 is 0 Å². The Kier molecular flexibility index (Phi) is 8.87. The Balaban J connectivity index is 0.929. The van der Waals surface area contributed by atoms with Crippen molar-refractivity contribution in [2.45, 2.75) is 25.4 Å². The number of nitrogens with zero attached hydrogens (tertiary/aromatic N) is 4. The van der Waals surface area contributed by atoms with Crippen LogP contribution in [-0.2, 0) is 5.41 Å². The summed E-state index contributed by atoms with van der Waals surface area (Å²) >= 11 is 0. The molecular weight excluding hydrogens is 777 g/mol. The van der Waals surface area contributed by atoms with Crippen LogP contribution in [0.25, 0.3) is 77.3 Å². The molecule has 64 heavy (non-hydrogen) atoms. The van der Waals surface area contributed by atoms with E-state index in [4.69, 9.17) is 15.3 Å². The smallest absolute Gasteiger partial charge is 0.0822 e. The monoisotopic (exact) mass is 819 g/mol. The summed E-state index contributed by atoms with van der Waals surface area (Å²) in [5.74, 6) is 1.33. The lowest BCUT2D eigenvalue weighted by Gasteiger charge is -2.32. The van der Waals surface area contributed by atoms with Crippen molar-refractivity contribution in [2.24, 2.45) is 9.98 Å². The van der Waals surface area contributed by atoms with E-state index in [0.717, 1.165) is 39.0 Å². The lowest BCUT2D eigenvalue weighted by atomic mass is 9.81. The van der Waals surface area contributed by atoms with Crippen molar-refractivity contribution in [1.82, 2.24) is 4.57 Å². The Morgan fingerprint density at radius 2 is 1.02 bits per heavy atom. The molecule has 0 radical (unpaired) electrons. The van der Waals surface area contributed by atoms with Crippen LogP contribution in [-0.4, -0.2) is 16.2 Å². The second-order valence-corrected chi connectivity index (χ2v) is 17.4. The van der Waals surface area contributed by atoms with E-state index in [-0.39, 0.29) is 5.41 Å². The topological polar surface area (TPSA) is 43.8 Å². The summed E-state index contributed by atoms with van der Waals surface area (Å²) in [7, 11) is 0. The van der Waals surface area contributed by atoms with E-state index in [9.17, 15) is 0 Å². The maximum absolute atomic E-state index is 5.24. The number of amidine groups is 2. The van der Waals surface area contributed by atoms with Gasteiger partial charge in [-0.2, -0.15) is 0 Å². The van der Waals surface area contributed by atoms with Crippen LogP contribution in [0.5, 0.6) is 0 Å². The predicted octanol–water partition coefficient (Wildman–Crippen LogP) is 15.4. The van der Waals surface area contributed by atoms with Crippen molar-refractivity contribution >= 4 is 33.5 Å². The second kappa shape index (κ2) is 15.1. The average molecular weight is 820 g/mol. The molecule has 2 heterocycles. The molecule has 0 bridgehead atoms. The molecule has 2 aliphatic rings. The Morgan fingerprint density at radius 1 is 0.438 bits per heavy atom. The molecule has 4 nitrogen and oxygen atoms in total. The molecule has 1 aromatic heterocycles. The van der Waals surface area contributed by atoms with E-state index in [2.05, 4.69) is 213 Å². The van der Waals surface area contributed by atoms with Crippen molar-refractivity contribution in [3.8, 4) is 50.2 Å². The molecule has 0 saturated heterocycles. The summed E-state index contributed by atoms with van der Waals surface area (Å²) in [5.41, 5.74) is 18.8. The van der Waals surface area contributed by atoms with Crippen molar-refractivity contribution in [3.05, 3.63) is 252 Å². The summed E-state index contributed by atoms with van der Waals surface area (Å²) in [6.45, 7) is 4.69. The Labute approximate surface area is 373 Å². The molecule has 1 atom stereocenters. The first kappa shape index (κ1) is 37.7. The first-order valence-corrected chi connectivity index (χ1v) is 22.0. The van der Waals surface area contributed by atoms with Crippen LogP contribution in [0.4, 0.5) is 0 Å². The Bertz CT molecular complexity index is 3470. The first-order chi connectivity index (χ1) is 31.5. The number of rotatable bonds is 7. The van der Waals surface area contributed by atoms with Gasteiger partial charge in [0.15, 0.2) is 0 Å². The highest BCUT2D eigenvalue weighted by Gasteiger charge is 2.35. The molecule has 0 amide bonds. The van der Waals surface area contributed by atoms with Crippen LogP contribution < -0.4 is 0 Å². The van der Waals surface area contributed by atoms with Crippen LogP contribution in [0.2, 0.25) is 0 Å². The van der Waals surface area contributed by atoms with Gasteiger partial charge < -0.3 is 14.9 Å². The molecule has 1 aliphatic carbocycles. The number of hydrogen-bond acceptors (Lipinski definition) is 2. The van der Waals surface area contributed by atoms with Gasteiger partial charge in [0, 0.05) is 27.4 Å². The third kappa shape index (κ3) is 6.29. The molecule has 12 rings (SSSR count). The summed E-state index contributed by atoms with van der Waals surface area (Å²) in [6.07, 6.45) is -0.446. The SMILES string of the molecule is CC1(C)c2ccccc2-c2ccc(-c3ccc(-c4cccc5c6ccccc6n(-c6cccc(C7=NC(c8ccccc8)=NC(c8ccc(-c9ccccc9)cc8)[N-]7)c6)c45)cc3)cc21. The average Bonchev–Trinajstić information content (AvgIpc) is 3.83. The highest BCUT2D eigenvalue weighted by molar-refractivity contribution is 6.19. The zero-order valence-electron chi connectivity index (χ0n) is 35.7. The largest absolute Gasteiger partial charge is 0.438 e. The summed E-state index contributed by atoms with van der Waals surface area (Å²) in [6, 6.07) is 78.2. The van der Waals surface area contributed by atoms with Crippen LogP contribution in [0, 0.1) is 0 Å². The number of hydrogen-bond donors (Lipinski definition) is 0. The highest BCUT2D eigenvalue weighted by Crippen LogP contribution is 2.49. The van der Waals surface area contributed by atoms with Gasteiger partial charge in [0.05, 0.1) is 23.0 Å². The van der Waals surface area contributed by atoms with E-state index in [1.807, 2.05) is 24.3 Å². The fourth-order valence-electron chi connectivity index (χ4n) is 9.94. The second-order valence-electron chi connectivity index (χ2n) is 17.4. The minimum atomic E-state index is -0.446. The molecule has 0 fully saturated rings. The van der Waals surface area contributed by atoms with E-state index in [1.54, 1.807) is 0 Å². The Morgan fingerprint density at radius 3 is 1.83 bits per heavy atom. The molecule has 1 aliphatic heterocycles. The van der Waals surface area contributed by atoms with Crippen molar-refractivity contribution in [1.29, 1.82) is 0 Å². The van der Waals surface area contributed by atoms with Gasteiger partial charge in [0.25, 0.3) is 0 Å². The molecule has 9 aromatic carbocycles. The van der Waals surface area contributed by atoms with Crippen molar-refractivity contribution < 1.29 is 0 Å². The molecular formula is C60H43N4-. The van der Waals surface area contributed by atoms with Crippen LogP contribution in [0.3, 0.4) is 0 Å². The van der Waals surface area contributed by atoms with Crippen LogP contribution in [0.1, 0.15) is 47.8 Å². The lowest BCUT2D eigenvalue weighted by molar-refractivity contribution is 0.660. The van der Waals surface area contributed by atoms with Crippen molar-refractivity contribution in [3.63, 3.8) is 0 Å². The quantitative estimate of drug-likeness (QED) is 0.154. The third-order valence-corrected chi connectivity index (χ3v) is 13.2. The molecule has 0 N–H and O–H groups in total. The maximum atomic E-state index is 5.24.